The topological polar surface area (TPSA) is 3.24 Å². The van der Waals surface area contributed by atoms with E-state index in [1.807, 2.05) is 0 Å². The van der Waals surface area contributed by atoms with Crippen LogP contribution in [0.2, 0.25) is 0 Å². The Morgan fingerprint density at radius 2 is 0.900 bits per heavy atom. The van der Waals surface area contributed by atoms with Gasteiger partial charge in [0.05, 0.1) is 11.4 Å². The minimum atomic E-state index is -0.0818. The maximum atomic E-state index is 2.48. The third-order valence-corrected chi connectivity index (χ3v) is 10.5. The quantitative estimate of drug-likeness (QED) is 0.175. The van der Waals surface area contributed by atoms with Gasteiger partial charge in [0, 0.05) is 22.2 Å². The second-order valence-electron chi connectivity index (χ2n) is 13.7. The van der Waals surface area contributed by atoms with Crippen LogP contribution in [0.1, 0.15) is 25.0 Å². The molecule has 0 saturated heterocycles. The Bertz CT molecular complexity index is 2520. The first kappa shape index (κ1) is 29.9. The van der Waals surface area contributed by atoms with Crippen LogP contribution < -0.4 is 4.90 Å². The summed E-state index contributed by atoms with van der Waals surface area (Å²) in [7, 11) is 0. The van der Waals surface area contributed by atoms with Crippen LogP contribution in [0, 0.1) is 0 Å². The van der Waals surface area contributed by atoms with Crippen molar-refractivity contribution in [1.29, 1.82) is 0 Å². The largest absolute Gasteiger partial charge is 0.309 e. The zero-order valence-electron chi connectivity index (χ0n) is 28.3. The second-order valence-corrected chi connectivity index (χ2v) is 13.7. The van der Waals surface area contributed by atoms with Gasteiger partial charge in [0.1, 0.15) is 0 Å². The van der Waals surface area contributed by atoms with Crippen LogP contribution in [0.4, 0.5) is 17.1 Å². The molecule has 0 bridgehead atoms. The molecular weight excluding hydrogens is 603 g/mol. The molecule has 1 heteroatoms. The van der Waals surface area contributed by atoms with Crippen molar-refractivity contribution in [3.63, 3.8) is 0 Å². The molecular formula is C49H37N. The maximum Gasteiger partial charge on any atom is 0.0540 e. The van der Waals surface area contributed by atoms with Gasteiger partial charge in [-0.3, -0.25) is 0 Å². The molecule has 8 aromatic carbocycles. The molecule has 238 valence electrons. The van der Waals surface area contributed by atoms with E-state index in [1.54, 1.807) is 0 Å². The predicted molar refractivity (Wildman–Crippen MR) is 213 cm³/mol. The summed E-state index contributed by atoms with van der Waals surface area (Å²) in [6, 6.07) is 68.6. The zero-order chi connectivity index (χ0) is 33.7. The van der Waals surface area contributed by atoms with Crippen molar-refractivity contribution in [3.8, 4) is 44.5 Å². The molecule has 0 heterocycles. The molecule has 0 unspecified atom stereocenters. The fraction of sp³-hybridized carbons (Fsp3) is 0.0612. The number of hydrogen-bond acceptors (Lipinski definition) is 1. The molecule has 0 aliphatic heterocycles. The molecule has 0 aromatic heterocycles. The highest BCUT2D eigenvalue weighted by Crippen LogP contribution is 2.54. The highest BCUT2D eigenvalue weighted by atomic mass is 15.1. The summed E-state index contributed by atoms with van der Waals surface area (Å²) < 4.78 is 0. The number of nitrogens with zero attached hydrogens (tertiary/aromatic N) is 1. The van der Waals surface area contributed by atoms with Crippen LogP contribution in [-0.4, -0.2) is 0 Å². The van der Waals surface area contributed by atoms with E-state index in [0.29, 0.717) is 0 Å². The Morgan fingerprint density at radius 1 is 0.380 bits per heavy atom. The molecule has 9 rings (SSSR count). The van der Waals surface area contributed by atoms with Gasteiger partial charge in [-0.2, -0.15) is 0 Å². The van der Waals surface area contributed by atoms with E-state index in [9.17, 15) is 0 Å². The Labute approximate surface area is 294 Å². The van der Waals surface area contributed by atoms with Crippen molar-refractivity contribution in [2.45, 2.75) is 19.3 Å². The predicted octanol–water partition coefficient (Wildman–Crippen LogP) is 13.6. The van der Waals surface area contributed by atoms with Crippen molar-refractivity contribution in [2.75, 3.05) is 4.90 Å². The number of benzene rings is 8. The van der Waals surface area contributed by atoms with Crippen LogP contribution in [0.5, 0.6) is 0 Å². The first-order valence-electron chi connectivity index (χ1n) is 17.5. The van der Waals surface area contributed by atoms with Gasteiger partial charge in [-0.05, 0) is 79.5 Å². The van der Waals surface area contributed by atoms with Crippen LogP contribution in [0.25, 0.3) is 55.3 Å². The molecule has 0 radical (unpaired) electrons. The van der Waals surface area contributed by atoms with E-state index in [2.05, 4.69) is 207 Å². The lowest BCUT2D eigenvalue weighted by Gasteiger charge is -2.31. The lowest BCUT2D eigenvalue weighted by atomic mass is 9.82. The van der Waals surface area contributed by atoms with Crippen LogP contribution >= 0.6 is 0 Å². The number of rotatable bonds is 6. The average molecular weight is 640 g/mol. The molecule has 1 aliphatic carbocycles. The van der Waals surface area contributed by atoms with Gasteiger partial charge >= 0.3 is 0 Å². The minimum Gasteiger partial charge on any atom is -0.309 e. The van der Waals surface area contributed by atoms with Crippen molar-refractivity contribution in [2.24, 2.45) is 0 Å². The third-order valence-electron chi connectivity index (χ3n) is 10.5. The monoisotopic (exact) mass is 639 g/mol. The molecule has 0 amide bonds. The molecule has 8 aromatic rings. The smallest absolute Gasteiger partial charge is 0.0540 e. The van der Waals surface area contributed by atoms with Gasteiger partial charge in [-0.1, -0.05) is 178 Å². The van der Waals surface area contributed by atoms with Crippen molar-refractivity contribution < 1.29 is 0 Å². The van der Waals surface area contributed by atoms with Crippen molar-refractivity contribution >= 4 is 27.8 Å². The summed E-state index contributed by atoms with van der Waals surface area (Å²) in [5, 5.41) is 2.48. The Balaban J connectivity index is 1.33. The number of fused-ring (bicyclic) bond motifs is 4. The van der Waals surface area contributed by atoms with Crippen LogP contribution in [-0.2, 0) is 5.41 Å². The maximum absolute atomic E-state index is 2.48. The highest BCUT2D eigenvalue weighted by Gasteiger charge is 2.37. The summed E-state index contributed by atoms with van der Waals surface area (Å²) in [4.78, 5) is 2.48. The molecule has 1 aliphatic rings. The molecule has 0 saturated carbocycles. The minimum absolute atomic E-state index is 0.0818. The normalized spacial score (nSPS) is 12.8. The van der Waals surface area contributed by atoms with Gasteiger partial charge < -0.3 is 4.90 Å². The summed E-state index contributed by atoms with van der Waals surface area (Å²) in [5.74, 6) is 0. The fourth-order valence-electron chi connectivity index (χ4n) is 8.10. The number of para-hydroxylation sites is 2. The van der Waals surface area contributed by atoms with Crippen molar-refractivity contribution in [3.05, 3.63) is 199 Å². The molecule has 0 N–H and O–H groups in total. The standard InChI is InChI=1S/C49H37N/c1-49(2)44-29-11-8-26-43(44)48-42(28-16-30-45(48)49)41-25-10-13-32-47(41)50(37-22-14-21-36(33-37)34-17-4-3-5-18-34)46-31-12-9-24-40(46)39-27-15-20-35-19-6-7-23-38(35)39/h3-33H,1-2H3. The number of hydrogen-bond donors (Lipinski definition) is 0. The van der Waals surface area contributed by atoms with Gasteiger partial charge in [0.2, 0.25) is 0 Å². The molecule has 50 heavy (non-hydrogen) atoms. The van der Waals surface area contributed by atoms with E-state index in [0.717, 1.165) is 17.1 Å². The Kier molecular flexibility index (Phi) is 7.21. The Morgan fingerprint density at radius 3 is 1.70 bits per heavy atom. The van der Waals surface area contributed by atoms with Crippen LogP contribution in [0.3, 0.4) is 0 Å². The van der Waals surface area contributed by atoms with E-state index >= 15 is 0 Å². The first-order valence-corrected chi connectivity index (χ1v) is 17.5. The molecule has 0 spiro atoms. The fourth-order valence-corrected chi connectivity index (χ4v) is 8.10. The van der Waals surface area contributed by atoms with E-state index in [1.165, 1.54) is 66.4 Å². The number of anilines is 3. The molecule has 0 atom stereocenters. The highest BCUT2D eigenvalue weighted by molar-refractivity contribution is 6.04. The summed E-state index contributed by atoms with van der Waals surface area (Å²) in [6.45, 7) is 4.71. The average Bonchev–Trinajstić information content (AvgIpc) is 3.42. The first-order chi connectivity index (χ1) is 24.6. The van der Waals surface area contributed by atoms with Gasteiger partial charge in [-0.25, -0.2) is 0 Å². The van der Waals surface area contributed by atoms with E-state index < -0.39 is 0 Å². The van der Waals surface area contributed by atoms with Gasteiger partial charge in [-0.15, -0.1) is 0 Å². The molecule has 1 nitrogen and oxygen atoms in total. The van der Waals surface area contributed by atoms with E-state index in [-0.39, 0.29) is 5.41 Å². The van der Waals surface area contributed by atoms with Gasteiger partial charge in [0.25, 0.3) is 0 Å². The lowest BCUT2D eigenvalue weighted by Crippen LogP contribution is -2.15. The van der Waals surface area contributed by atoms with E-state index in [4.69, 9.17) is 0 Å². The Hall–Kier alpha value is -6.18. The summed E-state index contributed by atoms with van der Waals surface area (Å²) in [6.07, 6.45) is 0. The van der Waals surface area contributed by atoms with Crippen LogP contribution in [0.15, 0.2) is 188 Å². The third kappa shape index (κ3) is 4.85. The zero-order valence-corrected chi connectivity index (χ0v) is 28.3. The SMILES string of the molecule is CC1(C)c2ccccc2-c2c(-c3ccccc3N(c3cccc(-c4ccccc4)c3)c3ccccc3-c3cccc4ccccc34)cccc21. The second kappa shape index (κ2) is 12.1. The summed E-state index contributed by atoms with van der Waals surface area (Å²) in [5.41, 5.74) is 16.0. The molecule has 0 fully saturated rings. The van der Waals surface area contributed by atoms with Gasteiger partial charge in [0.15, 0.2) is 0 Å². The summed E-state index contributed by atoms with van der Waals surface area (Å²) >= 11 is 0. The van der Waals surface area contributed by atoms with Crippen molar-refractivity contribution in [1.82, 2.24) is 0 Å². The lowest BCUT2D eigenvalue weighted by molar-refractivity contribution is 0.660.